The Bertz CT molecular complexity index is 725. The fraction of sp³-hybridized carbons (Fsp3) is 0.828. The molecule has 0 aromatic heterocycles. The molecule has 0 unspecified atom stereocenters. The van der Waals surface area contributed by atoms with Gasteiger partial charge in [0.15, 0.2) is 11.7 Å². The number of hydrogen-bond donors (Lipinski definition) is 5. The summed E-state index contributed by atoms with van der Waals surface area (Å²) >= 11 is 0. The highest BCUT2D eigenvalue weighted by Gasteiger charge is 2.27. The summed E-state index contributed by atoms with van der Waals surface area (Å²) in [6.45, 7) is 2.58. The smallest absolute Gasteiger partial charge is 0.223 e. The number of hydrogen-bond acceptors (Lipinski definition) is 5. The largest absolute Gasteiger partial charge is 0.370 e. The Hall–Kier alpha value is -2.65. The first-order chi connectivity index (χ1) is 18.7. The lowest BCUT2D eigenvalue weighted by molar-refractivity contribution is -0.132. The number of unbranched alkanes of at least 4 members (excludes halogenated alkanes) is 12. The molecule has 0 radical (unpaired) electrons. The van der Waals surface area contributed by atoms with Gasteiger partial charge in [0.2, 0.25) is 17.7 Å². The van der Waals surface area contributed by atoms with E-state index in [4.69, 9.17) is 17.2 Å². The topological polar surface area (TPSA) is 183 Å². The molecular weight excluding hydrogens is 496 g/mol. The van der Waals surface area contributed by atoms with E-state index in [1.54, 1.807) is 0 Å². The van der Waals surface area contributed by atoms with Crippen molar-refractivity contribution in [3.05, 3.63) is 0 Å². The Morgan fingerprint density at radius 3 is 1.74 bits per heavy atom. The molecule has 0 aromatic carbocycles. The number of nitrogens with two attached hydrogens (primary N) is 3. The van der Waals surface area contributed by atoms with E-state index in [0.717, 1.165) is 19.3 Å². The average molecular weight is 553 g/mol. The number of amides is 3. The van der Waals surface area contributed by atoms with Gasteiger partial charge in [0.1, 0.15) is 0 Å². The molecule has 0 aromatic rings. The molecule has 0 fully saturated rings. The summed E-state index contributed by atoms with van der Waals surface area (Å²) < 4.78 is 0. The first kappa shape index (κ1) is 36.4. The molecule has 10 heteroatoms. The number of primary amides is 1. The number of rotatable bonds is 26. The van der Waals surface area contributed by atoms with Crippen molar-refractivity contribution in [2.24, 2.45) is 28.1 Å². The zero-order valence-electron chi connectivity index (χ0n) is 24.6. The molecule has 0 aliphatic carbocycles. The highest BCUT2D eigenvalue weighted by atomic mass is 16.2. The highest BCUT2D eigenvalue weighted by molar-refractivity contribution is 5.92. The van der Waals surface area contributed by atoms with E-state index in [2.05, 4.69) is 22.5 Å². The lowest BCUT2D eigenvalue weighted by Gasteiger charge is -2.21. The van der Waals surface area contributed by atoms with Crippen LogP contribution in [0.15, 0.2) is 4.99 Å². The van der Waals surface area contributed by atoms with E-state index >= 15 is 0 Å². The van der Waals surface area contributed by atoms with Gasteiger partial charge in [0.05, 0.1) is 6.04 Å². The van der Waals surface area contributed by atoms with Crippen molar-refractivity contribution in [3.8, 4) is 0 Å². The fourth-order valence-electron chi connectivity index (χ4n) is 4.62. The maximum Gasteiger partial charge on any atom is 0.223 e. The summed E-state index contributed by atoms with van der Waals surface area (Å²) in [4.78, 5) is 53.1. The van der Waals surface area contributed by atoms with Crippen molar-refractivity contribution in [2.45, 2.75) is 135 Å². The van der Waals surface area contributed by atoms with Gasteiger partial charge in [-0.2, -0.15) is 0 Å². The lowest BCUT2D eigenvalue weighted by atomic mass is 9.91. The first-order valence-corrected chi connectivity index (χ1v) is 15.1. The van der Waals surface area contributed by atoms with Gasteiger partial charge in [-0.05, 0) is 25.7 Å². The van der Waals surface area contributed by atoms with Crippen LogP contribution in [0.1, 0.15) is 129 Å². The van der Waals surface area contributed by atoms with Crippen LogP contribution in [0, 0.1) is 5.92 Å². The van der Waals surface area contributed by atoms with Crippen molar-refractivity contribution in [1.82, 2.24) is 10.6 Å². The van der Waals surface area contributed by atoms with E-state index in [9.17, 15) is 19.2 Å². The second kappa shape index (κ2) is 24.4. The summed E-state index contributed by atoms with van der Waals surface area (Å²) in [7, 11) is 1.48. The Labute approximate surface area is 236 Å². The third-order valence-corrected chi connectivity index (χ3v) is 6.98. The van der Waals surface area contributed by atoms with E-state index in [0.29, 0.717) is 25.8 Å². The molecule has 0 aliphatic heterocycles. The lowest BCUT2D eigenvalue weighted by Crippen LogP contribution is -2.43. The molecule has 0 bridgehead atoms. The molecule has 0 spiro atoms. The van der Waals surface area contributed by atoms with E-state index in [-0.39, 0.29) is 42.8 Å². The minimum Gasteiger partial charge on any atom is -0.370 e. The van der Waals surface area contributed by atoms with Crippen LogP contribution in [0.2, 0.25) is 0 Å². The molecule has 0 heterocycles. The fourth-order valence-corrected chi connectivity index (χ4v) is 4.62. The minimum absolute atomic E-state index is 0.00588. The molecule has 226 valence electrons. The molecule has 39 heavy (non-hydrogen) atoms. The molecule has 3 amide bonds. The molecule has 10 nitrogen and oxygen atoms in total. The molecule has 0 aliphatic rings. The van der Waals surface area contributed by atoms with Crippen LogP contribution >= 0.6 is 0 Å². The van der Waals surface area contributed by atoms with Crippen molar-refractivity contribution in [1.29, 1.82) is 0 Å². The predicted molar refractivity (Wildman–Crippen MR) is 158 cm³/mol. The van der Waals surface area contributed by atoms with E-state index in [1.807, 2.05) is 0 Å². The molecule has 0 rings (SSSR count). The zero-order valence-corrected chi connectivity index (χ0v) is 24.6. The Morgan fingerprint density at radius 1 is 0.718 bits per heavy atom. The summed E-state index contributed by atoms with van der Waals surface area (Å²) in [5.41, 5.74) is 16.0. The van der Waals surface area contributed by atoms with Crippen molar-refractivity contribution in [2.75, 3.05) is 13.6 Å². The van der Waals surface area contributed by atoms with Crippen LogP contribution in [0.4, 0.5) is 0 Å². The minimum atomic E-state index is -0.741. The molecular formula is C29H56N6O4. The van der Waals surface area contributed by atoms with Gasteiger partial charge in [-0.1, -0.05) is 84.0 Å². The summed E-state index contributed by atoms with van der Waals surface area (Å²) in [6.07, 6.45) is 17.3. The number of carbonyl (C=O) groups is 4. The standard InChI is InChI=1S/C29H56N6O4/c1-3-4-5-6-7-8-9-10-11-12-13-14-15-18-27(38)35-24(17-16-21-34-29(31)32)25(36)22-23(28(39)33-2)19-20-26(30)37/h23-24H,3-22H2,1-2H3,(H2,30,37)(H,33,39)(H,35,38)(H4,31,32,34)/t23-,24+/m1/s1. The van der Waals surface area contributed by atoms with Crippen molar-refractivity contribution < 1.29 is 19.2 Å². The molecule has 2 atom stereocenters. The van der Waals surface area contributed by atoms with Gasteiger partial charge < -0.3 is 27.8 Å². The third kappa shape index (κ3) is 21.9. The number of guanidine groups is 1. The normalized spacial score (nSPS) is 12.4. The van der Waals surface area contributed by atoms with Gasteiger partial charge in [-0.15, -0.1) is 0 Å². The molecule has 0 saturated carbocycles. The summed E-state index contributed by atoms with van der Waals surface area (Å²) in [6, 6.07) is -0.741. The monoisotopic (exact) mass is 552 g/mol. The maximum absolute atomic E-state index is 13.1. The average Bonchev–Trinajstić information content (AvgIpc) is 2.90. The number of aliphatic imine (C=N–C) groups is 1. The van der Waals surface area contributed by atoms with Gasteiger partial charge in [-0.3, -0.25) is 24.2 Å². The van der Waals surface area contributed by atoms with E-state index in [1.165, 1.54) is 71.3 Å². The van der Waals surface area contributed by atoms with Crippen molar-refractivity contribution in [3.63, 3.8) is 0 Å². The third-order valence-electron chi connectivity index (χ3n) is 6.98. The van der Waals surface area contributed by atoms with Crippen LogP contribution < -0.4 is 27.8 Å². The number of carbonyl (C=O) groups excluding carboxylic acids is 4. The van der Waals surface area contributed by atoms with Crippen LogP contribution in [-0.4, -0.2) is 49.1 Å². The first-order valence-electron chi connectivity index (χ1n) is 15.1. The van der Waals surface area contributed by atoms with Crippen LogP contribution in [0.25, 0.3) is 0 Å². The molecule has 8 N–H and O–H groups in total. The van der Waals surface area contributed by atoms with Crippen LogP contribution in [-0.2, 0) is 19.2 Å². The van der Waals surface area contributed by atoms with Gasteiger partial charge in [0, 0.05) is 38.8 Å². The highest BCUT2D eigenvalue weighted by Crippen LogP contribution is 2.16. The second-order valence-corrected chi connectivity index (χ2v) is 10.5. The Balaban J connectivity index is 4.50. The summed E-state index contributed by atoms with van der Waals surface area (Å²) in [5, 5.41) is 5.38. The number of nitrogens with zero attached hydrogens (tertiary/aromatic N) is 1. The number of ketones is 1. The second-order valence-electron chi connectivity index (χ2n) is 10.5. The van der Waals surface area contributed by atoms with Gasteiger partial charge in [0.25, 0.3) is 0 Å². The zero-order chi connectivity index (χ0) is 29.3. The Kier molecular flexibility index (Phi) is 22.7. The Morgan fingerprint density at radius 2 is 1.26 bits per heavy atom. The van der Waals surface area contributed by atoms with Crippen LogP contribution in [0.3, 0.4) is 0 Å². The van der Waals surface area contributed by atoms with E-state index < -0.39 is 17.9 Å². The summed E-state index contributed by atoms with van der Waals surface area (Å²) in [5.74, 6) is -2.01. The molecule has 0 saturated heterocycles. The quantitative estimate of drug-likeness (QED) is 0.0620. The van der Waals surface area contributed by atoms with Crippen molar-refractivity contribution >= 4 is 29.5 Å². The van der Waals surface area contributed by atoms with Gasteiger partial charge >= 0.3 is 0 Å². The number of Topliss-reactive ketones (excluding diaryl/α,β-unsaturated/α-hetero) is 1. The van der Waals surface area contributed by atoms with Crippen LogP contribution in [0.5, 0.6) is 0 Å². The maximum atomic E-state index is 13.1. The SMILES string of the molecule is CCCCCCCCCCCCCCCC(=O)N[C@@H](CCCN=C(N)N)C(=O)C[C@@H](CCC(N)=O)C(=O)NC. The number of nitrogens with one attached hydrogen (secondary N) is 2. The predicted octanol–water partition coefficient (Wildman–Crippen LogP) is 3.59. The van der Waals surface area contributed by atoms with Gasteiger partial charge in [-0.25, -0.2) is 0 Å².